The molecule has 0 fully saturated rings. The lowest BCUT2D eigenvalue weighted by Crippen LogP contribution is -2.50. The van der Waals surface area contributed by atoms with Gasteiger partial charge in [-0.25, -0.2) is 0 Å². The second kappa shape index (κ2) is 16.6. The number of quaternary nitrogens is 1. The van der Waals surface area contributed by atoms with Crippen molar-refractivity contribution in [2.24, 2.45) is 0 Å². The van der Waals surface area contributed by atoms with Crippen molar-refractivity contribution in [2.45, 2.75) is 104 Å². The fourth-order valence-electron chi connectivity index (χ4n) is 3.63. The van der Waals surface area contributed by atoms with Gasteiger partial charge in [0.05, 0.1) is 26.2 Å². The molecule has 0 atom stereocenters. The van der Waals surface area contributed by atoms with E-state index in [4.69, 9.17) is 0 Å². The molecule has 0 aromatic heterocycles. The molecule has 0 unspecified atom stereocenters. The lowest BCUT2D eigenvalue weighted by Gasteiger charge is -2.38. The number of rotatable bonds is 18. The van der Waals surface area contributed by atoms with Gasteiger partial charge in [-0.2, -0.15) is 0 Å². The van der Waals surface area contributed by atoms with Crippen molar-refractivity contribution < 1.29 is 4.48 Å². The first kappa shape index (κ1) is 22.7. The molecular weight excluding hydrogens is 278 g/mol. The van der Waals surface area contributed by atoms with Crippen LogP contribution < -0.4 is 0 Å². The molecule has 1 nitrogen and oxygen atoms in total. The average Bonchev–Trinajstić information content (AvgIpc) is 2.56. The first-order chi connectivity index (χ1) is 11.2. The minimum atomic E-state index is 1.18. The van der Waals surface area contributed by atoms with Crippen LogP contribution in [0, 0.1) is 0 Å². The average molecular weight is 325 g/mol. The molecule has 1 heteroatoms. The standard InChI is InChI=1S/C22H46N/c1-5-9-12-13-14-15-16-17-18-22-23(19-8-4,20-10-6-2)21-11-7-3/h8H,4-7,9-22H2,1-3H3/q+1. The van der Waals surface area contributed by atoms with Gasteiger partial charge in [-0.3, -0.25) is 0 Å². The zero-order valence-corrected chi connectivity index (χ0v) is 16.8. The lowest BCUT2D eigenvalue weighted by atomic mass is 10.1. The fourth-order valence-corrected chi connectivity index (χ4v) is 3.63. The first-order valence-electron chi connectivity index (χ1n) is 10.7. The van der Waals surface area contributed by atoms with Crippen molar-refractivity contribution in [3.8, 4) is 0 Å². The van der Waals surface area contributed by atoms with Crippen LogP contribution in [0.2, 0.25) is 0 Å². The van der Waals surface area contributed by atoms with Gasteiger partial charge in [0.15, 0.2) is 0 Å². The smallest absolute Gasteiger partial charge is 0.0971 e. The van der Waals surface area contributed by atoms with Gasteiger partial charge < -0.3 is 4.48 Å². The number of nitrogens with zero attached hydrogens (tertiary/aromatic N) is 1. The van der Waals surface area contributed by atoms with Crippen LogP contribution in [-0.4, -0.2) is 30.7 Å². The summed E-state index contributed by atoms with van der Waals surface area (Å²) in [5.74, 6) is 0. The SMILES string of the molecule is C=CC[N+](CCCC)(CCCC)CCCCCCCCCCC. The molecule has 138 valence electrons. The highest BCUT2D eigenvalue weighted by atomic mass is 15.3. The zero-order valence-electron chi connectivity index (χ0n) is 16.8. The van der Waals surface area contributed by atoms with Crippen molar-refractivity contribution in [2.75, 3.05) is 26.2 Å². The van der Waals surface area contributed by atoms with Crippen molar-refractivity contribution in [3.63, 3.8) is 0 Å². The predicted octanol–water partition coefficient (Wildman–Crippen LogP) is 7.12. The van der Waals surface area contributed by atoms with Crippen LogP contribution in [0.4, 0.5) is 0 Å². The Morgan fingerprint density at radius 2 is 0.957 bits per heavy atom. The van der Waals surface area contributed by atoms with Gasteiger partial charge in [-0.1, -0.05) is 85.1 Å². The molecule has 0 spiro atoms. The lowest BCUT2D eigenvalue weighted by molar-refractivity contribution is -0.923. The molecular formula is C22H46N+. The minimum Gasteiger partial charge on any atom is -0.320 e. The van der Waals surface area contributed by atoms with Gasteiger partial charge in [-0.15, -0.1) is 0 Å². The predicted molar refractivity (Wildman–Crippen MR) is 107 cm³/mol. The first-order valence-corrected chi connectivity index (χ1v) is 10.7. The number of unbranched alkanes of at least 4 members (excludes halogenated alkanes) is 10. The molecule has 0 saturated heterocycles. The second-order valence-corrected chi connectivity index (χ2v) is 7.52. The van der Waals surface area contributed by atoms with Gasteiger partial charge in [0, 0.05) is 0 Å². The minimum absolute atomic E-state index is 1.18. The van der Waals surface area contributed by atoms with E-state index in [9.17, 15) is 0 Å². The van der Waals surface area contributed by atoms with Crippen molar-refractivity contribution in [1.29, 1.82) is 0 Å². The molecule has 0 amide bonds. The summed E-state index contributed by atoms with van der Waals surface area (Å²) in [4.78, 5) is 0. The summed E-state index contributed by atoms with van der Waals surface area (Å²) in [5.41, 5.74) is 0. The van der Waals surface area contributed by atoms with E-state index in [1.807, 2.05) is 0 Å². The summed E-state index contributed by atoms with van der Waals surface area (Å²) in [7, 11) is 0. The second-order valence-electron chi connectivity index (χ2n) is 7.52. The monoisotopic (exact) mass is 324 g/mol. The van der Waals surface area contributed by atoms with Crippen LogP contribution in [0.15, 0.2) is 12.7 Å². The van der Waals surface area contributed by atoms with Crippen LogP contribution in [-0.2, 0) is 0 Å². The Labute approximate surface area is 148 Å². The molecule has 0 aliphatic rings. The Balaban J connectivity index is 3.99. The van der Waals surface area contributed by atoms with E-state index in [1.165, 1.54) is 114 Å². The summed E-state index contributed by atoms with van der Waals surface area (Å²) in [5, 5.41) is 0. The van der Waals surface area contributed by atoms with Gasteiger partial charge in [0.2, 0.25) is 0 Å². The Hall–Kier alpha value is -0.300. The third-order valence-electron chi connectivity index (χ3n) is 5.22. The number of hydrogen-bond donors (Lipinski definition) is 0. The van der Waals surface area contributed by atoms with Gasteiger partial charge in [-0.05, 0) is 31.8 Å². The highest BCUT2D eigenvalue weighted by Crippen LogP contribution is 2.16. The number of hydrogen-bond acceptors (Lipinski definition) is 0. The molecule has 0 aliphatic heterocycles. The van der Waals surface area contributed by atoms with Gasteiger partial charge in [0.1, 0.15) is 0 Å². The molecule has 0 aliphatic carbocycles. The molecule has 0 radical (unpaired) electrons. The molecule has 0 saturated carbocycles. The summed E-state index contributed by atoms with van der Waals surface area (Å²) in [6.07, 6.45) is 20.4. The molecule has 0 rings (SSSR count). The Morgan fingerprint density at radius 3 is 1.39 bits per heavy atom. The molecule has 0 heterocycles. The van der Waals surface area contributed by atoms with Crippen molar-refractivity contribution in [1.82, 2.24) is 0 Å². The maximum atomic E-state index is 4.04. The van der Waals surface area contributed by atoms with Gasteiger partial charge >= 0.3 is 0 Å². The van der Waals surface area contributed by atoms with E-state index in [-0.39, 0.29) is 0 Å². The topological polar surface area (TPSA) is 0 Å². The summed E-state index contributed by atoms with van der Waals surface area (Å²) < 4.78 is 1.31. The van der Waals surface area contributed by atoms with E-state index in [0.717, 1.165) is 0 Å². The highest BCUT2D eigenvalue weighted by Gasteiger charge is 2.24. The van der Waals surface area contributed by atoms with E-state index in [0.29, 0.717) is 0 Å². The van der Waals surface area contributed by atoms with Crippen LogP contribution in [0.5, 0.6) is 0 Å². The molecule has 23 heavy (non-hydrogen) atoms. The summed E-state index contributed by atoms with van der Waals surface area (Å²) >= 11 is 0. The maximum absolute atomic E-state index is 4.04. The van der Waals surface area contributed by atoms with E-state index in [2.05, 4.69) is 33.4 Å². The Morgan fingerprint density at radius 1 is 0.565 bits per heavy atom. The van der Waals surface area contributed by atoms with Crippen molar-refractivity contribution in [3.05, 3.63) is 12.7 Å². The molecule has 0 aromatic carbocycles. The Kier molecular flexibility index (Phi) is 16.3. The third-order valence-corrected chi connectivity index (χ3v) is 5.22. The third kappa shape index (κ3) is 12.8. The molecule has 0 aromatic rings. The van der Waals surface area contributed by atoms with Crippen LogP contribution >= 0.6 is 0 Å². The summed E-state index contributed by atoms with van der Waals surface area (Å²) in [6, 6.07) is 0. The van der Waals surface area contributed by atoms with E-state index < -0.39 is 0 Å². The van der Waals surface area contributed by atoms with E-state index >= 15 is 0 Å². The fraction of sp³-hybridized carbons (Fsp3) is 0.909. The summed E-state index contributed by atoms with van der Waals surface area (Å²) in [6.45, 7) is 16.3. The largest absolute Gasteiger partial charge is 0.320 e. The Bertz CT molecular complexity index is 238. The van der Waals surface area contributed by atoms with Crippen LogP contribution in [0.3, 0.4) is 0 Å². The maximum Gasteiger partial charge on any atom is 0.0971 e. The van der Waals surface area contributed by atoms with Gasteiger partial charge in [0.25, 0.3) is 0 Å². The molecule has 0 N–H and O–H groups in total. The zero-order chi connectivity index (χ0) is 17.2. The van der Waals surface area contributed by atoms with E-state index in [1.54, 1.807) is 0 Å². The van der Waals surface area contributed by atoms with Crippen molar-refractivity contribution >= 4 is 0 Å². The normalized spacial score (nSPS) is 11.8. The quantitative estimate of drug-likeness (QED) is 0.143. The molecule has 0 bridgehead atoms. The highest BCUT2D eigenvalue weighted by molar-refractivity contribution is 4.67. The van der Waals surface area contributed by atoms with Crippen LogP contribution in [0.1, 0.15) is 104 Å². The van der Waals surface area contributed by atoms with Crippen LogP contribution in [0.25, 0.3) is 0 Å².